The summed E-state index contributed by atoms with van der Waals surface area (Å²) in [7, 11) is 0. The van der Waals surface area contributed by atoms with Crippen molar-refractivity contribution >= 4 is 12.1 Å². The molecule has 1 heterocycles. The average molecular weight is 350 g/mol. The Bertz CT molecular complexity index is 596. The first-order chi connectivity index (χ1) is 12.1. The number of nitrogens with two attached hydrogens (primary N) is 2. The maximum absolute atomic E-state index is 12.8. The maximum Gasteiger partial charge on any atom is 0.258 e. The summed E-state index contributed by atoms with van der Waals surface area (Å²) in [6, 6.07) is 6.00. The van der Waals surface area contributed by atoms with Crippen molar-refractivity contribution in [1.82, 2.24) is 5.32 Å². The van der Waals surface area contributed by atoms with Gasteiger partial charge >= 0.3 is 0 Å². The molecule has 0 radical (unpaired) electrons. The second-order valence-corrected chi connectivity index (χ2v) is 5.99. The minimum Gasteiger partial charge on any atom is -0.494 e. The molecule has 1 amide bonds. The van der Waals surface area contributed by atoms with E-state index in [0.717, 1.165) is 19.3 Å². The van der Waals surface area contributed by atoms with Crippen LogP contribution < -0.4 is 21.2 Å². The molecule has 0 aromatic heterocycles. The van der Waals surface area contributed by atoms with Gasteiger partial charge < -0.3 is 20.5 Å². The van der Waals surface area contributed by atoms with Gasteiger partial charge in [-0.2, -0.15) is 0 Å². The van der Waals surface area contributed by atoms with E-state index in [4.69, 9.17) is 20.6 Å². The SMILES string of the molecule is N/C=C(\C=[NH2+])C(=O)NCC1CC[C@H](CCOc2ccc(F)cc2)CO1. The van der Waals surface area contributed by atoms with E-state index in [-0.39, 0.29) is 23.4 Å². The summed E-state index contributed by atoms with van der Waals surface area (Å²) in [4.78, 5) is 11.7. The molecule has 2 atom stereocenters. The highest BCUT2D eigenvalue weighted by Gasteiger charge is 2.22. The van der Waals surface area contributed by atoms with Crippen molar-refractivity contribution in [3.05, 3.63) is 41.9 Å². The normalized spacial score (nSPS) is 20.8. The van der Waals surface area contributed by atoms with Crippen LogP contribution in [0.4, 0.5) is 4.39 Å². The standard InChI is InChI=1S/C18H24FN3O3/c19-15-2-5-16(6-3-15)24-8-7-13-1-4-17(25-12-13)11-22-18(23)14(9-20)10-21/h2-3,5-6,9-10,13,17,20H,1,4,7-8,11-12,21H2,(H,22,23)/p+1/b14-10+,20-9?/t13-,17?/m1/s1. The molecule has 7 heteroatoms. The minimum absolute atomic E-state index is 0.00461. The first-order valence-corrected chi connectivity index (χ1v) is 8.37. The van der Waals surface area contributed by atoms with Gasteiger partial charge in [-0.1, -0.05) is 0 Å². The molecule has 0 spiro atoms. The Labute approximate surface area is 146 Å². The first kappa shape index (κ1) is 18.9. The van der Waals surface area contributed by atoms with E-state index >= 15 is 0 Å². The fourth-order valence-corrected chi connectivity index (χ4v) is 2.64. The lowest BCUT2D eigenvalue weighted by Crippen LogP contribution is -2.41. The summed E-state index contributed by atoms with van der Waals surface area (Å²) in [6.07, 6.45) is 5.10. The molecule has 1 unspecified atom stereocenters. The van der Waals surface area contributed by atoms with Crippen LogP contribution in [0, 0.1) is 11.7 Å². The molecule has 0 saturated carbocycles. The number of benzene rings is 1. The third-order valence-electron chi connectivity index (χ3n) is 4.18. The topological polar surface area (TPSA) is 99.2 Å². The Morgan fingerprint density at radius 2 is 2.16 bits per heavy atom. The van der Waals surface area contributed by atoms with Crippen molar-refractivity contribution in [2.45, 2.75) is 25.4 Å². The van der Waals surface area contributed by atoms with Crippen molar-refractivity contribution in [2.75, 3.05) is 19.8 Å². The highest BCUT2D eigenvalue weighted by molar-refractivity contribution is 6.10. The smallest absolute Gasteiger partial charge is 0.258 e. The van der Waals surface area contributed by atoms with E-state index in [1.165, 1.54) is 24.5 Å². The van der Waals surface area contributed by atoms with Gasteiger partial charge in [-0.05, 0) is 49.4 Å². The zero-order valence-corrected chi connectivity index (χ0v) is 14.1. The average Bonchev–Trinajstić information content (AvgIpc) is 2.64. The zero-order chi connectivity index (χ0) is 18.1. The summed E-state index contributed by atoms with van der Waals surface area (Å²) in [5.74, 6) is 0.511. The molecule has 0 bridgehead atoms. The molecule has 1 fully saturated rings. The zero-order valence-electron chi connectivity index (χ0n) is 14.1. The van der Waals surface area contributed by atoms with Crippen LogP contribution >= 0.6 is 0 Å². The number of amides is 1. The number of halogens is 1. The minimum atomic E-state index is -0.302. The van der Waals surface area contributed by atoms with Crippen molar-refractivity contribution < 1.29 is 24.1 Å². The lowest BCUT2D eigenvalue weighted by Gasteiger charge is -2.29. The van der Waals surface area contributed by atoms with Gasteiger partial charge in [0.15, 0.2) is 6.21 Å². The number of carbonyl (C=O) groups is 1. The van der Waals surface area contributed by atoms with Crippen LogP contribution in [0.3, 0.4) is 0 Å². The van der Waals surface area contributed by atoms with E-state index in [1.54, 1.807) is 12.1 Å². The van der Waals surface area contributed by atoms with Crippen LogP contribution in [0.1, 0.15) is 19.3 Å². The monoisotopic (exact) mass is 350 g/mol. The molecule has 1 aromatic carbocycles. The predicted molar refractivity (Wildman–Crippen MR) is 92.2 cm³/mol. The molecule has 1 saturated heterocycles. The number of rotatable bonds is 8. The van der Waals surface area contributed by atoms with Gasteiger partial charge in [-0.3, -0.25) is 10.2 Å². The van der Waals surface area contributed by atoms with Gasteiger partial charge in [0.2, 0.25) is 0 Å². The Morgan fingerprint density at radius 3 is 2.76 bits per heavy atom. The number of ether oxygens (including phenoxy) is 2. The molecular weight excluding hydrogens is 325 g/mol. The molecule has 1 aromatic rings. The molecule has 5 N–H and O–H groups in total. The molecule has 1 aliphatic rings. The lowest BCUT2D eigenvalue weighted by atomic mass is 9.95. The summed E-state index contributed by atoms with van der Waals surface area (Å²) >= 11 is 0. The van der Waals surface area contributed by atoms with E-state index < -0.39 is 0 Å². The maximum atomic E-state index is 12.8. The molecule has 2 rings (SSSR count). The molecule has 6 nitrogen and oxygen atoms in total. The third-order valence-corrected chi connectivity index (χ3v) is 4.18. The van der Waals surface area contributed by atoms with E-state index in [1.807, 2.05) is 0 Å². The third kappa shape index (κ3) is 6.19. The summed E-state index contributed by atoms with van der Waals surface area (Å²) in [6.45, 7) is 1.64. The number of hydrogen-bond donors (Lipinski definition) is 3. The quantitative estimate of drug-likeness (QED) is 0.460. The second kappa shape index (κ2) is 9.78. The molecule has 25 heavy (non-hydrogen) atoms. The molecule has 1 aliphatic heterocycles. The van der Waals surface area contributed by atoms with Crippen LogP contribution in [0.2, 0.25) is 0 Å². The van der Waals surface area contributed by atoms with Gasteiger partial charge in [0.25, 0.3) is 5.91 Å². The molecule has 0 aliphatic carbocycles. The summed E-state index contributed by atoms with van der Waals surface area (Å²) in [5.41, 5.74) is 5.55. The number of nitrogens with one attached hydrogen (secondary N) is 1. The van der Waals surface area contributed by atoms with Gasteiger partial charge in [0.1, 0.15) is 17.1 Å². The van der Waals surface area contributed by atoms with Crippen molar-refractivity contribution in [3.8, 4) is 5.75 Å². The van der Waals surface area contributed by atoms with Crippen LogP contribution in [-0.2, 0) is 9.53 Å². The number of hydrogen-bond acceptors (Lipinski definition) is 4. The highest BCUT2D eigenvalue weighted by atomic mass is 19.1. The van der Waals surface area contributed by atoms with Crippen LogP contribution in [0.15, 0.2) is 36.0 Å². The van der Waals surface area contributed by atoms with E-state index in [0.29, 0.717) is 31.4 Å². The highest BCUT2D eigenvalue weighted by Crippen LogP contribution is 2.22. The Morgan fingerprint density at radius 1 is 1.40 bits per heavy atom. The Kier molecular flexibility index (Phi) is 7.40. The van der Waals surface area contributed by atoms with Crippen molar-refractivity contribution in [2.24, 2.45) is 11.7 Å². The summed E-state index contributed by atoms with van der Waals surface area (Å²) in [5, 5.41) is 8.07. The summed E-state index contributed by atoms with van der Waals surface area (Å²) < 4.78 is 24.2. The van der Waals surface area contributed by atoms with Gasteiger partial charge in [-0.15, -0.1) is 0 Å². The predicted octanol–water partition coefficient (Wildman–Crippen LogP) is 0.179. The van der Waals surface area contributed by atoms with Gasteiger partial charge in [0.05, 0.1) is 12.7 Å². The number of carbonyl (C=O) groups excluding carboxylic acids is 1. The first-order valence-electron chi connectivity index (χ1n) is 8.37. The Hall–Kier alpha value is -2.41. The largest absolute Gasteiger partial charge is 0.494 e. The van der Waals surface area contributed by atoms with Crippen LogP contribution in [0.25, 0.3) is 0 Å². The molecule has 136 valence electrons. The lowest BCUT2D eigenvalue weighted by molar-refractivity contribution is -0.120. The van der Waals surface area contributed by atoms with Gasteiger partial charge in [-0.25, -0.2) is 4.39 Å². The van der Waals surface area contributed by atoms with Crippen LogP contribution in [0.5, 0.6) is 5.75 Å². The fraction of sp³-hybridized carbons (Fsp3) is 0.444. The molecular formula is C18H25FN3O3+. The second-order valence-electron chi connectivity index (χ2n) is 5.99. The van der Waals surface area contributed by atoms with E-state index in [2.05, 4.69) is 5.32 Å². The fourth-order valence-electron chi connectivity index (χ4n) is 2.64. The van der Waals surface area contributed by atoms with Gasteiger partial charge in [0, 0.05) is 19.4 Å². The van der Waals surface area contributed by atoms with E-state index in [9.17, 15) is 9.18 Å². The Balaban J connectivity index is 1.62. The van der Waals surface area contributed by atoms with Crippen molar-refractivity contribution in [1.29, 1.82) is 0 Å². The van der Waals surface area contributed by atoms with Crippen LogP contribution in [-0.4, -0.2) is 38.0 Å². The van der Waals surface area contributed by atoms with Crippen molar-refractivity contribution in [3.63, 3.8) is 0 Å².